The first-order chi connectivity index (χ1) is 11.8. The largest absolute Gasteiger partial charge is 0.449 e. The Kier molecular flexibility index (Phi) is 5.06. The van der Waals surface area contributed by atoms with Crippen LogP contribution in [0.25, 0.3) is 0 Å². The lowest BCUT2D eigenvalue weighted by Gasteiger charge is -2.11. The number of rotatable bonds is 6. The minimum Gasteiger partial charge on any atom is -0.449 e. The number of cyclic esters (lactones) is 1. The first-order valence-electron chi connectivity index (χ1n) is 7.98. The predicted octanol–water partition coefficient (Wildman–Crippen LogP) is 4.19. The average Bonchev–Trinajstić information content (AvgIpc) is 2.96. The molecule has 4 heteroatoms. The molecule has 0 amide bonds. The van der Waals surface area contributed by atoms with Gasteiger partial charge >= 0.3 is 5.97 Å². The van der Waals surface area contributed by atoms with Gasteiger partial charge in [0.1, 0.15) is 6.61 Å². The molecule has 24 heavy (non-hydrogen) atoms. The zero-order valence-electron chi connectivity index (χ0n) is 13.5. The maximum absolute atomic E-state index is 12.1. The fraction of sp³-hybridized carbons (Fsp3) is 0.200. The Balaban J connectivity index is 1.75. The Morgan fingerprint density at radius 2 is 1.75 bits per heavy atom. The molecule has 0 N–H and O–H groups in total. The highest BCUT2D eigenvalue weighted by molar-refractivity contribution is 6.00. The summed E-state index contributed by atoms with van der Waals surface area (Å²) in [7, 11) is 0. The molecular formula is C20H19NO3. The van der Waals surface area contributed by atoms with Crippen LogP contribution in [0, 0.1) is 0 Å². The topological polar surface area (TPSA) is 47.9 Å². The van der Waals surface area contributed by atoms with Crippen molar-refractivity contribution >= 4 is 12.2 Å². The van der Waals surface area contributed by atoms with Crippen molar-refractivity contribution in [3.05, 3.63) is 82.9 Å². The van der Waals surface area contributed by atoms with Crippen molar-refractivity contribution in [2.45, 2.75) is 26.1 Å². The lowest BCUT2D eigenvalue weighted by Crippen LogP contribution is -2.04. The van der Waals surface area contributed by atoms with E-state index in [9.17, 15) is 4.79 Å². The standard InChI is InChI=1S/C20H19NO3/c1-2-17-18(13-21-23-14-15-9-5-3-6-10-15)19(24-20(17)22)16-11-7-4-8-12-16/h3-13,19H,2,14H2,1H3/b21-13+. The molecule has 0 aromatic heterocycles. The van der Waals surface area contributed by atoms with E-state index in [-0.39, 0.29) is 5.97 Å². The summed E-state index contributed by atoms with van der Waals surface area (Å²) >= 11 is 0. The smallest absolute Gasteiger partial charge is 0.335 e. The quantitative estimate of drug-likeness (QED) is 0.455. The molecule has 0 saturated carbocycles. The molecular weight excluding hydrogens is 302 g/mol. The van der Waals surface area contributed by atoms with E-state index >= 15 is 0 Å². The molecule has 4 nitrogen and oxygen atoms in total. The maximum Gasteiger partial charge on any atom is 0.335 e. The van der Waals surface area contributed by atoms with Crippen LogP contribution in [0.5, 0.6) is 0 Å². The zero-order chi connectivity index (χ0) is 16.8. The normalized spacial score (nSPS) is 17.4. The van der Waals surface area contributed by atoms with E-state index in [1.807, 2.05) is 67.6 Å². The minimum absolute atomic E-state index is 0.282. The van der Waals surface area contributed by atoms with Gasteiger partial charge in [-0.2, -0.15) is 0 Å². The van der Waals surface area contributed by atoms with Crippen LogP contribution in [0.3, 0.4) is 0 Å². The highest BCUT2D eigenvalue weighted by Gasteiger charge is 2.33. The number of benzene rings is 2. The highest BCUT2D eigenvalue weighted by Crippen LogP contribution is 2.35. The van der Waals surface area contributed by atoms with Gasteiger partial charge in [0.05, 0.1) is 6.21 Å². The Labute approximate surface area is 141 Å². The Bertz CT molecular complexity index is 751. The SMILES string of the molecule is CCC1=C(/C=N/OCc2ccccc2)C(c2ccccc2)OC1=O. The lowest BCUT2D eigenvalue weighted by atomic mass is 9.99. The molecule has 1 aliphatic rings. The number of hydrogen-bond donors (Lipinski definition) is 0. The van der Waals surface area contributed by atoms with E-state index in [0.29, 0.717) is 18.6 Å². The van der Waals surface area contributed by atoms with Crippen LogP contribution in [0.1, 0.15) is 30.6 Å². The summed E-state index contributed by atoms with van der Waals surface area (Å²) in [5, 5.41) is 4.04. The average molecular weight is 321 g/mol. The van der Waals surface area contributed by atoms with E-state index in [1.165, 1.54) is 0 Å². The van der Waals surface area contributed by atoms with Gasteiger partial charge in [-0.15, -0.1) is 0 Å². The van der Waals surface area contributed by atoms with Gasteiger partial charge in [0, 0.05) is 11.1 Å². The molecule has 0 saturated heterocycles. The Morgan fingerprint density at radius 1 is 1.08 bits per heavy atom. The number of hydrogen-bond acceptors (Lipinski definition) is 4. The molecule has 1 heterocycles. The van der Waals surface area contributed by atoms with Crippen molar-refractivity contribution in [2.75, 3.05) is 0 Å². The van der Waals surface area contributed by atoms with Crippen LogP contribution in [-0.4, -0.2) is 12.2 Å². The third kappa shape index (κ3) is 3.54. The molecule has 1 aliphatic heterocycles. The molecule has 2 aromatic carbocycles. The van der Waals surface area contributed by atoms with Crippen molar-refractivity contribution in [1.82, 2.24) is 0 Å². The molecule has 122 valence electrons. The van der Waals surface area contributed by atoms with Crippen molar-refractivity contribution in [3.63, 3.8) is 0 Å². The van der Waals surface area contributed by atoms with Crippen LogP contribution >= 0.6 is 0 Å². The van der Waals surface area contributed by atoms with Crippen molar-refractivity contribution in [2.24, 2.45) is 5.16 Å². The van der Waals surface area contributed by atoms with E-state index < -0.39 is 6.10 Å². The molecule has 0 aliphatic carbocycles. The summed E-state index contributed by atoms with van der Waals surface area (Å²) in [6.07, 6.45) is 1.78. The first-order valence-corrected chi connectivity index (χ1v) is 7.98. The predicted molar refractivity (Wildman–Crippen MR) is 92.3 cm³/mol. The van der Waals surface area contributed by atoms with Gasteiger partial charge in [-0.1, -0.05) is 72.7 Å². The number of esters is 1. The summed E-state index contributed by atoms with van der Waals surface area (Å²) in [6.45, 7) is 2.32. The zero-order valence-corrected chi connectivity index (χ0v) is 13.5. The van der Waals surface area contributed by atoms with Gasteiger partial charge in [0.25, 0.3) is 0 Å². The number of oxime groups is 1. The molecule has 3 rings (SSSR count). The van der Waals surface area contributed by atoms with Crippen LogP contribution in [0.2, 0.25) is 0 Å². The van der Waals surface area contributed by atoms with Crippen LogP contribution < -0.4 is 0 Å². The summed E-state index contributed by atoms with van der Waals surface area (Å²) < 4.78 is 5.52. The van der Waals surface area contributed by atoms with E-state index in [1.54, 1.807) is 6.21 Å². The number of carbonyl (C=O) groups excluding carboxylic acids is 1. The second-order valence-corrected chi connectivity index (χ2v) is 5.48. The van der Waals surface area contributed by atoms with Crippen molar-refractivity contribution in [1.29, 1.82) is 0 Å². The summed E-state index contributed by atoms with van der Waals surface area (Å²) in [5.74, 6) is -0.282. The molecule has 1 unspecified atom stereocenters. The van der Waals surface area contributed by atoms with Crippen LogP contribution in [-0.2, 0) is 21.0 Å². The monoisotopic (exact) mass is 321 g/mol. The number of ether oxygens (including phenoxy) is 1. The Hall–Kier alpha value is -2.88. The molecule has 0 bridgehead atoms. The van der Waals surface area contributed by atoms with Gasteiger partial charge in [0.15, 0.2) is 6.10 Å². The molecule has 0 radical (unpaired) electrons. The molecule has 0 spiro atoms. The van der Waals surface area contributed by atoms with Gasteiger partial charge in [-0.25, -0.2) is 4.79 Å². The van der Waals surface area contributed by atoms with Gasteiger partial charge in [-0.3, -0.25) is 0 Å². The van der Waals surface area contributed by atoms with Gasteiger partial charge < -0.3 is 9.57 Å². The Morgan fingerprint density at radius 3 is 2.42 bits per heavy atom. The maximum atomic E-state index is 12.1. The molecule has 2 aromatic rings. The fourth-order valence-corrected chi connectivity index (χ4v) is 2.67. The first kappa shape index (κ1) is 16.0. The summed E-state index contributed by atoms with van der Waals surface area (Å²) in [5.41, 5.74) is 3.38. The third-order valence-corrected chi connectivity index (χ3v) is 3.90. The number of carbonyl (C=O) groups is 1. The number of nitrogens with zero attached hydrogens (tertiary/aromatic N) is 1. The van der Waals surface area contributed by atoms with E-state index in [4.69, 9.17) is 9.57 Å². The van der Waals surface area contributed by atoms with Crippen molar-refractivity contribution in [3.8, 4) is 0 Å². The van der Waals surface area contributed by atoms with E-state index in [2.05, 4.69) is 5.16 Å². The second-order valence-electron chi connectivity index (χ2n) is 5.48. The van der Waals surface area contributed by atoms with Gasteiger partial charge in [0.2, 0.25) is 0 Å². The van der Waals surface area contributed by atoms with Crippen LogP contribution in [0.4, 0.5) is 0 Å². The third-order valence-electron chi connectivity index (χ3n) is 3.90. The molecule has 0 fully saturated rings. The lowest BCUT2D eigenvalue weighted by molar-refractivity contribution is -0.140. The highest BCUT2D eigenvalue weighted by atomic mass is 16.6. The van der Waals surface area contributed by atoms with Crippen LogP contribution in [0.15, 0.2) is 77.0 Å². The van der Waals surface area contributed by atoms with E-state index in [0.717, 1.165) is 16.7 Å². The summed E-state index contributed by atoms with van der Waals surface area (Å²) in [4.78, 5) is 17.4. The minimum atomic E-state index is -0.419. The van der Waals surface area contributed by atoms with Gasteiger partial charge in [-0.05, 0) is 17.5 Å². The van der Waals surface area contributed by atoms with Crippen molar-refractivity contribution < 1.29 is 14.4 Å². The summed E-state index contributed by atoms with van der Waals surface area (Å²) in [6, 6.07) is 19.5. The molecule has 1 atom stereocenters. The second kappa shape index (κ2) is 7.59. The fourth-order valence-electron chi connectivity index (χ4n) is 2.67.